The fourth-order valence-corrected chi connectivity index (χ4v) is 2.63. The smallest absolute Gasteiger partial charge is 0.153 e. The van der Waals surface area contributed by atoms with Crippen LogP contribution in [0.15, 0.2) is 18.2 Å². The average molecular weight is 327 g/mol. The standard InChI is InChI=1S/C15H16Cl2N2O2/c1-3-12-14(17)13(19(4-2)18-12)9-21-15-10(8-20)6-5-7-11(15)16/h5-8H,3-4,9H2,1-2H3. The minimum Gasteiger partial charge on any atom is -0.485 e. The summed E-state index contributed by atoms with van der Waals surface area (Å²) in [7, 11) is 0. The summed E-state index contributed by atoms with van der Waals surface area (Å²) in [6.07, 6.45) is 1.47. The van der Waals surface area contributed by atoms with Crippen LogP contribution in [0.1, 0.15) is 35.6 Å². The van der Waals surface area contributed by atoms with Crippen LogP contribution in [-0.4, -0.2) is 16.1 Å². The van der Waals surface area contributed by atoms with Crippen LogP contribution in [0.25, 0.3) is 0 Å². The number of aldehydes is 1. The molecule has 1 aromatic heterocycles. The van der Waals surface area contributed by atoms with Crippen molar-refractivity contribution in [2.45, 2.75) is 33.4 Å². The molecule has 2 aromatic rings. The second-order valence-electron chi connectivity index (χ2n) is 4.44. The van der Waals surface area contributed by atoms with Gasteiger partial charge in [-0.15, -0.1) is 0 Å². The van der Waals surface area contributed by atoms with Gasteiger partial charge in [-0.05, 0) is 25.5 Å². The number of carbonyl (C=O) groups excluding carboxylic acids is 1. The highest BCUT2D eigenvalue weighted by molar-refractivity contribution is 6.32. The maximum Gasteiger partial charge on any atom is 0.153 e. The Hall–Kier alpha value is -1.52. The molecule has 6 heteroatoms. The number of hydrogen-bond donors (Lipinski definition) is 0. The highest BCUT2D eigenvalue weighted by Gasteiger charge is 2.16. The first kappa shape index (κ1) is 15.9. The van der Waals surface area contributed by atoms with Gasteiger partial charge in [0.15, 0.2) is 6.29 Å². The molecule has 0 aliphatic rings. The van der Waals surface area contributed by atoms with Gasteiger partial charge in [0.2, 0.25) is 0 Å². The van der Waals surface area contributed by atoms with E-state index in [0.717, 1.165) is 24.1 Å². The van der Waals surface area contributed by atoms with Crippen LogP contribution in [-0.2, 0) is 19.6 Å². The fourth-order valence-electron chi connectivity index (χ4n) is 2.07. The van der Waals surface area contributed by atoms with E-state index in [1.165, 1.54) is 0 Å². The van der Waals surface area contributed by atoms with Crippen LogP contribution in [0.5, 0.6) is 5.75 Å². The van der Waals surface area contributed by atoms with Crippen LogP contribution >= 0.6 is 23.2 Å². The molecule has 1 aromatic carbocycles. The molecule has 0 aliphatic heterocycles. The summed E-state index contributed by atoms with van der Waals surface area (Å²) in [5.74, 6) is 0.368. The zero-order chi connectivity index (χ0) is 15.4. The van der Waals surface area contributed by atoms with Crippen molar-refractivity contribution >= 4 is 29.5 Å². The minimum atomic E-state index is 0.213. The number of ether oxygens (including phenoxy) is 1. The van der Waals surface area contributed by atoms with Gasteiger partial charge in [0.25, 0.3) is 0 Å². The molecule has 0 atom stereocenters. The summed E-state index contributed by atoms with van der Waals surface area (Å²) in [4.78, 5) is 11.0. The number of aryl methyl sites for hydroxylation is 2. The maximum atomic E-state index is 11.0. The van der Waals surface area contributed by atoms with E-state index in [2.05, 4.69) is 5.10 Å². The number of aromatic nitrogens is 2. The average Bonchev–Trinajstić information content (AvgIpc) is 2.81. The van der Waals surface area contributed by atoms with Gasteiger partial charge in [0.1, 0.15) is 12.4 Å². The number of benzene rings is 1. The Balaban J connectivity index is 2.28. The molecule has 0 spiro atoms. The maximum absolute atomic E-state index is 11.0. The number of hydrogen-bond acceptors (Lipinski definition) is 3. The molecule has 0 unspecified atom stereocenters. The van der Waals surface area contributed by atoms with Crippen LogP contribution in [0, 0.1) is 0 Å². The lowest BCUT2D eigenvalue weighted by Gasteiger charge is -2.11. The Morgan fingerprint density at radius 3 is 2.71 bits per heavy atom. The molecule has 2 rings (SSSR count). The molecule has 0 aliphatic carbocycles. The molecule has 21 heavy (non-hydrogen) atoms. The molecular weight excluding hydrogens is 311 g/mol. The highest BCUT2D eigenvalue weighted by Crippen LogP contribution is 2.30. The second kappa shape index (κ2) is 6.96. The van der Waals surface area contributed by atoms with Crippen molar-refractivity contribution in [1.29, 1.82) is 0 Å². The van der Waals surface area contributed by atoms with Gasteiger partial charge in [0, 0.05) is 6.54 Å². The summed E-state index contributed by atoms with van der Waals surface area (Å²) >= 11 is 12.4. The minimum absolute atomic E-state index is 0.213. The van der Waals surface area contributed by atoms with Crippen molar-refractivity contribution in [3.63, 3.8) is 0 Å². The lowest BCUT2D eigenvalue weighted by atomic mass is 10.2. The summed E-state index contributed by atoms with van der Waals surface area (Å²) in [5.41, 5.74) is 2.04. The van der Waals surface area contributed by atoms with Gasteiger partial charge < -0.3 is 4.74 Å². The van der Waals surface area contributed by atoms with E-state index in [1.54, 1.807) is 22.9 Å². The molecule has 0 radical (unpaired) electrons. The van der Waals surface area contributed by atoms with Crippen molar-refractivity contribution in [3.05, 3.63) is 45.2 Å². The molecular formula is C15H16Cl2N2O2. The Labute approximate surface area is 133 Å². The third kappa shape index (κ3) is 3.22. The summed E-state index contributed by atoms with van der Waals surface area (Å²) in [6, 6.07) is 5.04. The van der Waals surface area contributed by atoms with Gasteiger partial charge in [0.05, 0.1) is 27.0 Å². The van der Waals surface area contributed by atoms with E-state index < -0.39 is 0 Å². The van der Waals surface area contributed by atoms with E-state index in [1.807, 2.05) is 13.8 Å². The fraction of sp³-hybridized carbons (Fsp3) is 0.333. The van der Waals surface area contributed by atoms with Crippen LogP contribution in [0.2, 0.25) is 10.0 Å². The van der Waals surface area contributed by atoms with Crippen molar-refractivity contribution < 1.29 is 9.53 Å². The predicted octanol–water partition coefficient (Wildman–Crippen LogP) is 4.16. The first-order valence-corrected chi connectivity index (χ1v) is 7.48. The molecule has 1 heterocycles. The molecule has 4 nitrogen and oxygen atoms in total. The van der Waals surface area contributed by atoms with E-state index in [0.29, 0.717) is 27.9 Å². The Kier molecular flexibility index (Phi) is 5.26. The summed E-state index contributed by atoms with van der Waals surface area (Å²) < 4.78 is 7.52. The number of nitrogens with zero attached hydrogens (tertiary/aromatic N) is 2. The topological polar surface area (TPSA) is 44.1 Å². The summed E-state index contributed by atoms with van der Waals surface area (Å²) in [6.45, 7) is 4.89. The zero-order valence-electron chi connectivity index (χ0n) is 11.9. The number of rotatable bonds is 6. The molecule has 0 bridgehead atoms. The predicted molar refractivity (Wildman–Crippen MR) is 83.5 cm³/mol. The quantitative estimate of drug-likeness (QED) is 0.748. The van der Waals surface area contributed by atoms with E-state index in [-0.39, 0.29) is 6.61 Å². The molecule has 0 saturated carbocycles. The second-order valence-corrected chi connectivity index (χ2v) is 5.23. The van der Waals surface area contributed by atoms with E-state index in [9.17, 15) is 4.79 Å². The van der Waals surface area contributed by atoms with Gasteiger partial charge in [-0.1, -0.05) is 36.2 Å². The molecule has 112 valence electrons. The molecule has 0 fully saturated rings. The largest absolute Gasteiger partial charge is 0.485 e. The molecule has 0 amide bonds. The first-order chi connectivity index (χ1) is 10.1. The SMILES string of the molecule is CCc1nn(CC)c(COc2c(Cl)cccc2C=O)c1Cl. The zero-order valence-corrected chi connectivity index (χ0v) is 13.4. The van der Waals surface area contributed by atoms with Gasteiger partial charge >= 0.3 is 0 Å². The van der Waals surface area contributed by atoms with Crippen LogP contribution in [0.4, 0.5) is 0 Å². The van der Waals surface area contributed by atoms with E-state index in [4.69, 9.17) is 27.9 Å². The van der Waals surface area contributed by atoms with Gasteiger partial charge in [-0.2, -0.15) is 5.10 Å². The monoisotopic (exact) mass is 326 g/mol. The normalized spacial score (nSPS) is 10.7. The lowest BCUT2D eigenvalue weighted by Crippen LogP contribution is -2.07. The lowest BCUT2D eigenvalue weighted by molar-refractivity contribution is 0.111. The van der Waals surface area contributed by atoms with Crippen molar-refractivity contribution in [3.8, 4) is 5.75 Å². The number of carbonyl (C=O) groups is 1. The van der Waals surface area contributed by atoms with E-state index >= 15 is 0 Å². The van der Waals surface area contributed by atoms with Crippen LogP contribution < -0.4 is 4.74 Å². The van der Waals surface area contributed by atoms with Crippen LogP contribution in [0.3, 0.4) is 0 Å². The first-order valence-electron chi connectivity index (χ1n) is 6.72. The third-order valence-electron chi connectivity index (χ3n) is 3.17. The number of halogens is 2. The Morgan fingerprint density at radius 2 is 2.10 bits per heavy atom. The van der Waals surface area contributed by atoms with Crippen molar-refractivity contribution in [2.24, 2.45) is 0 Å². The van der Waals surface area contributed by atoms with Gasteiger partial charge in [-0.3, -0.25) is 9.48 Å². The Bertz CT molecular complexity index is 653. The summed E-state index contributed by atoms with van der Waals surface area (Å²) in [5, 5.41) is 5.43. The van der Waals surface area contributed by atoms with Crippen molar-refractivity contribution in [1.82, 2.24) is 9.78 Å². The Morgan fingerprint density at radius 1 is 1.33 bits per heavy atom. The van der Waals surface area contributed by atoms with Crippen molar-refractivity contribution in [2.75, 3.05) is 0 Å². The molecule has 0 saturated heterocycles. The van der Waals surface area contributed by atoms with Gasteiger partial charge in [-0.25, -0.2) is 0 Å². The third-order valence-corrected chi connectivity index (χ3v) is 3.91. The highest BCUT2D eigenvalue weighted by atomic mass is 35.5. The molecule has 0 N–H and O–H groups in total. The number of para-hydroxylation sites is 1.